The Morgan fingerprint density at radius 3 is 2.53 bits per heavy atom. The Morgan fingerprint density at radius 1 is 1.35 bits per heavy atom. The monoisotopic (exact) mass is 231 g/mol. The van der Waals surface area contributed by atoms with Crippen LogP contribution in [0.15, 0.2) is 18.5 Å². The van der Waals surface area contributed by atoms with Gasteiger partial charge in [0, 0.05) is 12.2 Å². The van der Waals surface area contributed by atoms with Gasteiger partial charge in [0.25, 0.3) is 5.91 Å². The second-order valence-electron chi connectivity index (χ2n) is 5.14. The van der Waals surface area contributed by atoms with Gasteiger partial charge in [0.2, 0.25) is 0 Å². The van der Waals surface area contributed by atoms with E-state index in [0.717, 1.165) is 0 Å². The average molecular weight is 231 g/mol. The van der Waals surface area contributed by atoms with E-state index in [1.54, 1.807) is 12.3 Å². The molecule has 0 aliphatic heterocycles. The fraction of sp³-hybridized carbons (Fsp3) is 0.538. The van der Waals surface area contributed by atoms with Crippen LogP contribution in [-0.4, -0.2) is 16.9 Å². The van der Waals surface area contributed by atoms with Gasteiger partial charge in [0.05, 0.1) is 17.4 Å². The number of carbonyl (C=O) groups is 1. The van der Waals surface area contributed by atoms with Crippen LogP contribution in [0.2, 0.25) is 0 Å². The van der Waals surface area contributed by atoms with Crippen LogP contribution >= 0.6 is 0 Å². The number of pyridine rings is 1. The number of nitrogen functional groups attached to an aromatic ring is 1. The number of hydrogen-bond donors (Lipinski definition) is 2. The minimum absolute atomic E-state index is 0.0475. The first-order valence-corrected chi connectivity index (χ1v) is 6.26. The maximum atomic E-state index is 12.1. The molecule has 2 fully saturated rings. The topological polar surface area (TPSA) is 68.0 Å². The van der Waals surface area contributed by atoms with Gasteiger partial charge < -0.3 is 11.1 Å². The van der Waals surface area contributed by atoms with Crippen LogP contribution < -0.4 is 11.1 Å². The maximum absolute atomic E-state index is 12.1. The minimum Gasteiger partial charge on any atom is -0.397 e. The first-order chi connectivity index (χ1) is 8.25. The standard InChI is InChI=1S/C13H17N3O/c14-11-7-15-6-5-10(11)13(17)16-12(8-1-2-8)9-3-4-9/h5-9,12H,1-4,14H2,(H,16,17). The summed E-state index contributed by atoms with van der Waals surface area (Å²) in [4.78, 5) is 16.0. The number of nitrogens with zero attached hydrogens (tertiary/aromatic N) is 1. The fourth-order valence-corrected chi connectivity index (χ4v) is 2.37. The SMILES string of the molecule is Nc1cnccc1C(=O)NC(C1CC1)C1CC1. The molecule has 3 N–H and O–H groups in total. The van der Waals surface area contributed by atoms with Crippen molar-refractivity contribution in [3.05, 3.63) is 24.0 Å². The smallest absolute Gasteiger partial charge is 0.253 e. The highest BCUT2D eigenvalue weighted by Crippen LogP contribution is 2.44. The van der Waals surface area contributed by atoms with Crippen LogP contribution in [-0.2, 0) is 0 Å². The van der Waals surface area contributed by atoms with Crippen molar-refractivity contribution in [1.82, 2.24) is 10.3 Å². The number of rotatable bonds is 4. The van der Waals surface area contributed by atoms with Crippen LogP contribution in [0.4, 0.5) is 5.69 Å². The first-order valence-electron chi connectivity index (χ1n) is 6.26. The molecule has 1 aromatic rings. The van der Waals surface area contributed by atoms with E-state index in [1.807, 2.05) is 0 Å². The lowest BCUT2D eigenvalue weighted by Gasteiger charge is -2.18. The van der Waals surface area contributed by atoms with Gasteiger partial charge in [-0.2, -0.15) is 0 Å². The molecule has 1 aromatic heterocycles. The Hall–Kier alpha value is -1.58. The third-order valence-corrected chi connectivity index (χ3v) is 3.65. The summed E-state index contributed by atoms with van der Waals surface area (Å²) in [5.74, 6) is 1.36. The number of hydrogen-bond acceptors (Lipinski definition) is 3. The molecule has 1 amide bonds. The highest BCUT2D eigenvalue weighted by atomic mass is 16.1. The van der Waals surface area contributed by atoms with Gasteiger partial charge in [0.1, 0.15) is 0 Å². The third-order valence-electron chi connectivity index (χ3n) is 3.65. The van der Waals surface area contributed by atoms with E-state index in [2.05, 4.69) is 10.3 Å². The summed E-state index contributed by atoms with van der Waals surface area (Å²) >= 11 is 0. The number of amides is 1. The predicted octanol–water partition coefficient (Wildman–Crippen LogP) is 1.58. The molecule has 3 rings (SSSR count). The van der Waals surface area contributed by atoms with Gasteiger partial charge in [-0.3, -0.25) is 9.78 Å². The number of nitrogens with two attached hydrogens (primary N) is 1. The molecule has 0 atom stereocenters. The summed E-state index contributed by atoms with van der Waals surface area (Å²) in [6.45, 7) is 0. The van der Waals surface area contributed by atoms with E-state index in [9.17, 15) is 4.79 Å². The normalized spacial score (nSPS) is 19.4. The largest absolute Gasteiger partial charge is 0.397 e. The van der Waals surface area contributed by atoms with Gasteiger partial charge in [-0.05, 0) is 43.6 Å². The van der Waals surface area contributed by atoms with Crippen molar-refractivity contribution < 1.29 is 4.79 Å². The summed E-state index contributed by atoms with van der Waals surface area (Å²) in [6, 6.07) is 2.05. The summed E-state index contributed by atoms with van der Waals surface area (Å²) in [6.07, 6.45) is 8.16. The van der Waals surface area contributed by atoms with Crippen molar-refractivity contribution >= 4 is 11.6 Å². The Bertz CT molecular complexity index is 426. The van der Waals surface area contributed by atoms with E-state index >= 15 is 0 Å². The lowest BCUT2D eigenvalue weighted by molar-refractivity contribution is 0.0927. The van der Waals surface area contributed by atoms with Crippen LogP contribution in [0, 0.1) is 11.8 Å². The molecule has 4 nitrogen and oxygen atoms in total. The van der Waals surface area contributed by atoms with E-state index in [4.69, 9.17) is 5.73 Å². The molecule has 2 saturated carbocycles. The van der Waals surface area contributed by atoms with Crippen molar-refractivity contribution in [2.24, 2.45) is 11.8 Å². The van der Waals surface area contributed by atoms with Crippen LogP contribution in [0.3, 0.4) is 0 Å². The Morgan fingerprint density at radius 2 is 2.00 bits per heavy atom. The van der Waals surface area contributed by atoms with Gasteiger partial charge in [-0.15, -0.1) is 0 Å². The van der Waals surface area contributed by atoms with Crippen molar-refractivity contribution in [3.8, 4) is 0 Å². The van der Waals surface area contributed by atoms with Crippen molar-refractivity contribution in [2.75, 3.05) is 5.73 Å². The minimum atomic E-state index is -0.0475. The molecule has 0 saturated heterocycles. The molecule has 2 aliphatic carbocycles. The van der Waals surface area contributed by atoms with Gasteiger partial charge in [-0.25, -0.2) is 0 Å². The molecule has 90 valence electrons. The van der Waals surface area contributed by atoms with Crippen molar-refractivity contribution in [2.45, 2.75) is 31.7 Å². The number of nitrogens with one attached hydrogen (secondary N) is 1. The summed E-state index contributed by atoms with van der Waals surface area (Å²) in [5.41, 5.74) is 6.76. The summed E-state index contributed by atoms with van der Waals surface area (Å²) in [7, 11) is 0. The van der Waals surface area contributed by atoms with Crippen LogP contribution in [0.25, 0.3) is 0 Å². The molecule has 17 heavy (non-hydrogen) atoms. The molecular formula is C13H17N3O. The number of anilines is 1. The zero-order valence-corrected chi connectivity index (χ0v) is 9.73. The molecule has 0 spiro atoms. The molecule has 4 heteroatoms. The van der Waals surface area contributed by atoms with Crippen LogP contribution in [0.5, 0.6) is 0 Å². The van der Waals surface area contributed by atoms with Crippen molar-refractivity contribution in [1.29, 1.82) is 0 Å². The second kappa shape index (κ2) is 4.02. The Balaban J connectivity index is 1.71. The van der Waals surface area contributed by atoms with E-state index < -0.39 is 0 Å². The zero-order chi connectivity index (χ0) is 11.8. The molecule has 0 bridgehead atoms. The quantitative estimate of drug-likeness (QED) is 0.826. The summed E-state index contributed by atoms with van der Waals surface area (Å²) in [5, 5.41) is 3.15. The first kappa shape index (κ1) is 10.6. The average Bonchev–Trinajstić information content (AvgIpc) is 3.16. The maximum Gasteiger partial charge on any atom is 0.253 e. The molecule has 1 heterocycles. The zero-order valence-electron chi connectivity index (χ0n) is 9.73. The molecule has 0 unspecified atom stereocenters. The predicted molar refractivity (Wildman–Crippen MR) is 65.4 cm³/mol. The Kier molecular flexibility index (Phi) is 2.50. The molecule has 0 aromatic carbocycles. The van der Waals surface area contributed by atoms with Gasteiger partial charge >= 0.3 is 0 Å². The van der Waals surface area contributed by atoms with E-state index in [0.29, 0.717) is 29.1 Å². The molecular weight excluding hydrogens is 214 g/mol. The lowest BCUT2D eigenvalue weighted by atomic mass is 10.1. The highest BCUT2D eigenvalue weighted by Gasteiger charge is 2.42. The second-order valence-corrected chi connectivity index (χ2v) is 5.14. The Labute approximate surface area is 101 Å². The van der Waals surface area contributed by atoms with E-state index in [1.165, 1.54) is 31.9 Å². The van der Waals surface area contributed by atoms with Gasteiger partial charge in [-0.1, -0.05) is 0 Å². The molecule has 2 aliphatic rings. The third kappa shape index (κ3) is 2.25. The van der Waals surface area contributed by atoms with Crippen molar-refractivity contribution in [3.63, 3.8) is 0 Å². The fourth-order valence-electron chi connectivity index (χ4n) is 2.37. The number of aromatic nitrogens is 1. The molecule has 0 radical (unpaired) electrons. The van der Waals surface area contributed by atoms with E-state index in [-0.39, 0.29) is 5.91 Å². The highest BCUT2D eigenvalue weighted by molar-refractivity contribution is 5.99. The number of carbonyl (C=O) groups excluding carboxylic acids is 1. The summed E-state index contributed by atoms with van der Waals surface area (Å²) < 4.78 is 0. The lowest BCUT2D eigenvalue weighted by Crippen LogP contribution is -2.38. The van der Waals surface area contributed by atoms with Gasteiger partial charge in [0.15, 0.2) is 0 Å². The van der Waals surface area contributed by atoms with Crippen LogP contribution in [0.1, 0.15) is 36.0 Å².